The number of ether oxygens (including phenoxy) is 3. The first-order chi connectivity index (χ1) is 16.6. The summed E-state index contributed by atoms with van der Waals surface area (Å²) < 4.78 is 16.6. The first kappa shape index (κ1) is 26.1. The molecule has 0 aromatic heterocycles. The number of aryl methyl sites for hydroxylation is 1. The van der Waals surface area contributed by atoms with Crippen molar-refractivity contribution in [2.24, 2.45) is 0 Å². The SMILES string of the molecule is COc1ccc(/C(O)=C2\C(=O)C(=O)N(CCN(C)C)C2c2ccc(OC(C)C)c(OC)c2)c(C)c1. The quantitative estimate of drug-likeness (QED) is 0.331. The summed E-state index contributed by atoms with van der Waals surface area (Å²) in [6.07, 6.45) is -0.0569. The number of ketones is 1. The van der Waals surface area contributed by atoms with Crippen LogP contribution in [0.4, 0.5) is 0 Å². The zero-order valence-electron chi connectivity index (χ0n) is 21.4. The Morgan fingerprint density at radius 3 is 2.34 bits per heavy atom. The monoisotopic (exact) mass is 482 g/mol. The smallest absolute Gasteiger partial charge is 0.295 e. The highest BCUT2D eigenvalue weighted by Crippen LogP contribution is 2.42. The lowest BCUT2D eigenvalue weighted by atomic mass is 9.93. The van der Waals surface area contributed by atoms with Gasteiger partial charge in [0.05, 0.1) is 31.9 Å². The van der Waals surface area contributed by atoms with E-state index in [-0.39, 0.29) is 17.4 Å². The summed E-state index contributed by atoms with van der Waals surface area (Å²) in [5.41, 5.74) is 1.87. The second-order valence-corrected chi connectivity index (χ2v) is 9.05. The number of likely N-dealkylation sites (tertiary alicyclic amines) is 1. The van der Waals surface area contributed by atoms with Crippen LogP contribution in [0, 0.1) is 6.92 Å². The third kappa shape index (κ3) is 5.43. The number of methoxy groups -OCH3 is 2. The molecule has 8 nitrogen and oxygen atoms in total. The lowest BCUT2D eigenvalue weighted by molar-refractivity contribution is -0.140. The Kier molecular flexibility index (Phi) is 8.07. The summed E-state index contributed by atoms with van der Waals surface area (Å²) in [5, 5.41) is 11.4. The van der Waals surface area contributed by atoms with Crippen LogP contribution in [0.25, 0.3) is 5.76 Å². The first-order valence-electron chi connectivity index (χ1n) is 11.5. The number of hydrogen-bond acceptors (Lipinski definition) is 7. The van der Waals surface area contributed by atoms with Crippen molar-refractivity contribution in [3.05, 3.63) is 58.7 Å². The van der Waals surface area contributed by atoms with Gasteiger partial charge in [-0.15, -0.1) is 0 Å². The molecule has 35 heavy (non-hydrogen) atoms. The summed E-state index contributed by atoms with van der Waals surface area (Å²) in [6.45, 7) is 6.52. The minimum absolute atomic E-state index is 0.0432. The minimum Gasteiger partial charge on any atom is -0.507 e. The van der Waals surface area contributed by atoms with Crippen LogP contribution >= 0.6 is 0 Å². The number of nitrogens with zero attached hydrogens (tertiary/aromatic N) is 2. The van der Waals surface area contributed by atoms with Crippen molar-refractivity contribution in [3.8, 4) is 17.2 Å². The molecular weight excluding hydrogens is 448 g/mol. The van der Waals surface area contributed by atoms with Gasteiger partial charge in [-0.25, -0.2) is 0 Å². The van der Waals surface area contributed by atoms with Gasteiger partial charge in [-0.3, -0.25) is 9.59 Å². The van der Waals surface area contributed by atoms with Crippen molar-refractivity contribution in [1.29, 1.82) is 0 Å². The van der Waals surface area contributed by atoms with Crippen LogP contribution in [-0.2, 0) is 9.59 Å². The molecule has 1 saturated heterocycles. The summed E-state index contributed by atoms with van der Waals surface area (Å²) in [7, 11) is 6.89. The Hall–Kier alpha value is -3.52. The number of hydrogen-bond donors (Lipinski definition) is 1. The van der Waals surface area contributed by atoms with E-state index in [4.69, 9.17) is 14.2 Å². The van der Waals surface area contributed by atoms with E-state index in [0.717, 1.165) is 5.56 Å². The normalized spacial score (nSPS) is 17.4. The summed E-state index contributed by atoms with van der Waals surface area (Å²) >= 11 is 0. The van der Waals surface area contributed by atoms with Gasteiger partial charge >= 0.3 is 0 Å². The average Bonchev–Trinajstić information content (AvgIpc) is 3.06. The largest absolute Gasteiger partial charge is 0.507 e. The molecule has 1 aliphatic heterocycles. The molecule has 0 bridgehead atoms. The minimum atomic E-state index is -0.779. The maximum Gasteiger partial charge on any atom is 0.295 e. The molecule has 0 saturated carbocycles. The molecule has 1 amide bonds. The number of Topliss-reactive ketones (excluding diaryl/α,β-unsaturated/α-hetero) is 1. The maximum absolute atomic E-state index is 13.3. The van der Waals surface area contributed by atoms with E-state index in [1.54, 1.807) is 43.5 Å². The average molecular weight is 483 g/mol. The van der Waals surface area contributed by atoms with Crippen molar-refractivity contribution >= 4 is 17.4 Å². The molecule has 0 spiro atoms. The molecule has 0 radical (unpaired) electrons. The van der Waals surface area contributed by atoms with Crippen molar-refractivity contribution in [3.63, 3.8) is 0 Å². The number of likely N-dealkylation sites (N-methyl/N-ethyl adjacent to an activating group) is 1. The third-order valence-electron chi connectivity index (χ3n) is 5.88. The predicted octanol–water partition coefficient (Wildman–Crippen LogP) is 3.78. The topological polar surface area (TPSA) is 88.5 Å². The molecule has 1 heterocycles. The highest BCUT2D eigenvalue weighted by molar-refractivity contribution is 6.46. The van der Waals surface area contributed by atoms with Gasteiger partial charge in [0.1, 0.15) is 11.5 Å². The molecule has 3 rings (SSSR count). The zero-order valence-corrected chi connectivity index (χ0v) is 21.4. The number of aliphatic hydroxyl groups excluding tert-OH is 1. The number of aliphatic hydroxyl groups is 1. The van der Waals surface area contributed by atoms with Crippen LogP contribution in [0.2, 0.25) is 0 Å². The summed E-state index contributed by atoms with van der Waals surface area (Å²) in [4.78, 5) is 29.8. The van der Waals surface area contributed by atoms with Crippen molar-refractivity contribution in [1.82, 2.24) is 9.80 Å². The van der Waals surface area contributed by atoms with Crippen LogP contribution in [0.15, 0.2) is 42.0 Å². The van der Waals surface area contributed by atoms with Crippen LogP contribution in [0.5, 0.6) is 17.2 Å². The van der Waals surface area contributed by atoms with E-state index in [1.807, 2.05) is 39.8 Å². The Morgan fingerprint density at radius 2 is 1.77 bits per heavy atom. The van der Waals surface area contributed by atoms with Crippen molar-refractivity contribution in [2.45, 2.75) is 32.9 Å². The van der Waals surface area contributed by atoms with Gasteiger partial charge < -0.3 is 29.1 Å². The molecular formula is C27H34N2O6. The van der Waals surface area contributed by atoms with E-state index in [1.165, 1.54) is 12.0 Å². The Morgan fingerprint density at radius 1 is 1.06 bits per heavy atom. The van der Waals surface area contributed by atoms with Gasteiger partial charge in [-0.05, 0) is 76.3 Å². The fraction of sp³-hybridized carbons (Fsp3) is 0.407. The van der Waals surface area contributed by atoms with Gasteiger partial charge in [0.25, 0.3) is 11.7 Å². The molecule has 2 aromatic rings. The van der Waals surface area contributed by atoms with Gasteiger partial charge in [-0.1, -0.05) is 6.07 Å². The summed E-state index contributed by atoms with van der Waals surface area (Å²) in [5.74, 6) is 0.0846. The second kappa shape index (κ2) is 10.8. The molecule has 1 fully saturated rings. The molecule has 1 atom stereocenters. The lowest BCUT2D eigenvalue weighted by Crippen LogP contribution is -2.35. The number of rotatable bonds is 9. The van der Waals surface area contributed by atoms with Crippen LogP contribution in [0.1, 0.15) is 36.6 Å². The maximum atomic E-state index is 13.3. The van der Waals surface area contributed by atoms with Crippen LogP contribution < -0.4 is 14.2 Å². The fourth-order valence-corrected chi connectivity index (χ4v) is 4.14. The van der Waals surface area contributed by atoms with Gasteiger partial charge in [0, 0.05) is 18.7 Å². The Balaban J connectivity index is 2.19. The molecule has 1 N–H and O–H groups in total. The van der Waals surface area contributed by atoms with E-state index in [2.05, 4.69) is 0 Å². The molecule has 1 aliphatic rings. The zero-order chi connectivity index (χ0) is 25.9. The van der Waals surface area contributed by atoms with E-state index >= 15 is 0 Å². The van der Waals surface area contributed by atoms with Gasteiger partial charge in [-0.2, -0.15) is 0 Å². The lowest BCUT2D eigenvalue weighted by Gasteiger charge is -2.27. The van der Waals surface area contributed by atoms with Gasteiger partial charge in [0.2, 0.25) is 0 Å². The standard InChI is InChI=1S/C27H34N2O6/c1-16(2)35-21-11-8-18(15-22(21)34-7)24-23(26(31)27(32)29(24)13-12-28(4)5)25(30)20-10-9-19(33-6)14-17(20)3/h8-11,14-16,24,30H,12-13H2,1-7H3/b25-23+. The molecule has 1 unspecified atom stereocenters. The third-order valence-corrected chi connectivity index (χ3v) is 5.88. The van der Waals surface area contributed by atoms with E-state index in [9.17, 15) is 14.7 Å². The molecule has 188 valence electrons. The molecule has 8 heteroatoms. The highest BCUT2D eigenvalue weighted by Gasteiger charge is 2.46. The van der Waals surface area contributed by atoms with Crippen molar-refractivity contribution < 1.29 is 28.9 Å². The Bertz CT molecular complexity index is 1140. The molecule has 0 aliphatic carbocycles. The fourth-order valence-electron chi connectivity index (χ4n) is 4.14. The van der Waals surface area contributed by atoms with Crippen LogP contribution in [0.3, 0.4) is 0 Å². The number of benzene rings is 2. The van der Waals surface area contributed by atoms with E-state index < -0.39 is 17.7 Å². The van der Waals surface area contributed by atoms with Gasteiger partial charge in [0.15, 0.2) is 11.5 Å². The second-order valence-electron chi connectivity index (χ2n) is 9.05. The molecule has 2 aromatic carbocycles. The highest BCUT2D eigenvalue weighted by atomic mass is 16.5. The number of carbonyl (C=O) groups is 2. The first-order valence-corrected chi connectivity index (χ1v) is 11.5. The van der Waals surface area contributed by atoms with Crippen molar-refractivity contribution in [2.75, 3.05) is 41.4 Å². The van der Waals surface area contributed by atoms with E-state index in [0.29, 0.717) is 41.5 Å². The Labute approximate surface area is 206 Å². The van der Waals surface area contributed by atoms with Crippen LogP contribution in [-0.4, -0.2) is 74.1 Å². The number of carbonyl (C=O) groups excluding carboxylic acids is 2. The number of amides is 1. The summed E-state index contributed by atoms with van der Waals surface area (Å²) in [6, 6.07) is 9.71. The predicted molar refractivity (Wildman–Crippen MR) is 134 cm³/mol.